The van der Waals surface area contributed by atoms with Crippen molar-refractivity contribution in [2.75, 3.05) is 6.54 Å². The highest BCUT2D eigenvalue weighted by Crippen LogP contribution is 2.18. The smallest absolute Gasteiger partial charge is 0.305 e. The SMILES string of the molecule is Cc1ccc(C(=O)N(CCC(=O)O)C(C)C)s1. The predicted molar refractivity (Wildman–Crippen MR) is 67.5 cm³/mol. The molecule has 0 saturated carbocycles. The van der Waals surface area contributed by atoms with E-state index >= 15 is 0 Å². The van der Waals surface area contributed by atoms with Crippen molar-refractivity contribution in [3.63, 3.8) is 0 Å². The van der Waals surface area contributed by atoms with Crippen molar-refractivity contribution in [2.24, 2.45) is 0 Å². The van der Waals surface area contributed by atoms with Gasteiger partial charge in [-0.25, -0.2) is 0 Å². The van der Waals surface area contributed by atoms with Gasteiger partial charge in [-0.3, -0.25) is 9.59 Å². The van der Waals surface area contributed by atoms with Crippen molar-refractivity contribution in [3.8, 4) is 0 Å². The molecule has 1 aromatic heterocycles. The fourth-order valence-corrected chi connectivity index (χ4v) is 2.32. The van der Waals surface area contributed by atoms with Gasteiger partial charge in [0, 0.05) is 17.5 Å². The monoisotopic (exact) mass is 255 g/mol. The minimum absolute atomic E-state index is 0.00394. The Morgan fingerprint density at radius 3 is 2.47 bits per heavy atom. The van der Waals surface area contributed by atoms with Crippen LogP contribution < -0.4 is 0 Å². The number of rotatable bonds is 5. The third-order valence-electron chi connectivity index (χ3n) is 2.40. The van der Waals surface area contributed by atoms with Gasteiger partial charge < -0.3 is 10.0 Å². The quantitative estimate of drug-likeness (QED) is 0.878. The second-order valence-electron chi connectivity index (χ2n) is 4.15. The fourth-order valence-electron chi connectivity index (χ4n) is 1.50. The van der Waals surface area contributed by atoms with E-state index < -0.39 is 5.97 Å². The first-order valence-electron chi connectivity index (χ1n) is 5.51. The number of hydrogen-bond donors (Lipinski definition) is 1. The van der Waals surface area contributed by atoms with E-state index in [4.69, 9.17) is 5.11 Å². The van der Waals surface area contributed by atoms with Crippen molar-refractivity contribution in [1.29, 1.82) is 0 Å². The Hall–Kier alpha value is -1.36. The second kappa shape index (κ2) is 5.82. The molecule has 0 radical (unpaired) electrons. The van der Waals surface area contributed by atoms with E-state index in [1.807, 2.05) is 26.8 Å². The second-order valence-corrected chi connectivity index (χ2v) is 5.43. The molecule has 94 valence electrons. The van der Waals surface area contributed by atoms with Gasteiger partial charge in [0.1, 0.15) is 0 Å². The average Bonchev–Trinajstić information content (AvgIpc) is 2.63. The number of hydrogen-bond acceptors (Lipinski definition) is 3. The molecule has 0 saturated heterocycles. The molecule has 1 rings (SSSR count). The van der Waals surface area contributed by atoms with Crippen LogP contribution in [0.2, 0.25) is 0 Å². The molecule has 1 N–H and O–H groups in total. The summed E-state index contributed by atoms with van der Waals surface area (Å²) in [6.45, 7) is 5.97. The summed E-state index contributed by atoms with van der Waals surface area (Å²) in [5.41, 5.74) is 0. The van der Waals surface area contributed by atoms with Crippen LogP contribution >= 0.6 is 11.3 Å². The summed E-state index contributed by atoms with van der Waals surface area (Å²) >= 11 is 1.44. The number of amides is 1. The van der Waals surface area contributed by atoms with E-state index in [-0.39, 0.29) is 24.9 Å². The molecule has 0 aliphatic carbocycles. The molecule has 0 atom stereocenters. The van der Waals surface area contributed by atoms with E-state index in [0.29, 0.717) is 4.88 Å². The summed E-state index contributed by atoms with van der Waals surface area (Å²) in [4.78, 5) is 26.1. The maximum absolute atomic E-state index is 12.2. The molecule has 5 heteroatoms. The lowest BCUT2D eigenvalue weighted by Gasteiger charge is -2.25. The first-order valence-corrected chi connectivity index (χ1v) is 6.32. The van der Waals surface area contributed by atoms with E-state index in [2.05, 4.69) is 0 Å². The van der Waals surface area contributed by atoms with Crippen molar-refractivity contribution >= 4 is 23.2 Å². The van der Waals surface area contributed by atoms with E-state index in [0.717, 1.165) is 4.88 Å². The zero-order chi connectivity index (χ0) is 13.0. The van der Waals surface area contributed by atoms with Crippen LogP contribution in [0.4, 0.5) is 0 Å². The zero-order valence-corrected chi connectivity index (χ0v) is 11.1. The minimum atomic E-state index is -0.884. The Morgan fingerprint density at radius 2 is 2.06 bits per heavy atom. The van der Waals surface area contributed by atoms with Gasteiger partial charge >= 0.3 is 5.97 Å². The van der Waals surface area contributed by atoms with Crippen LogP contribution in [0.15, 0.2) is 12.1 Å². The van der Waals surface area contributed by atoms with E-state index in [9.17, 15) is 9.59 Å². The predicted octanol–water partition coefficient (Wildman–Crippen LogP) is 2.38. The maximum atomic E-state index is 12.2. The molecule has 0 bridgehead atoms. The minimum Gasteiger partial charge on any atom is -0.481 e. The number of nitrogens with zero attached hydrogens (tertiary/aromatic N) is 1. The molecule has 0 aliphatic rings. The Balaban J connectivity index is 2.77. The van der Waals surface area contributed by atoms with Gasteiger partial charge in [-0.15, -0.1) is 11.3 Å². The lowest BCUT2D eigenvalue weighted by molar-refractivity contribution is -0.137. The Morgan fingerprint density at radius 1 is 1.41 bits per heavy atom. The summed E-state index contributed by atoms with van der Waals surface area (Å²) in [5.74, 6) is -0.967. The summed E-state index contributed by atoms with van der Waals surface area (Å²) in [7, 11) is 0. The number of aliphatic carboxylic acids is 1. The summed E-state index contributed by atoms with van der Waals surface area (Å²) < 4.78 is 0. The molecule has 1 aromatic rings. The number of thiophene rings is 1. The van der Waals surface area contributed by atoms with Gasteiger partial charge in [-0.1, -0.05) is 0 Å². The van der Waals surface area contributed by atoms with E-state index in [1.54, 1.807) is 11.0 Å². The molecule has 0 fully saturated rings. The molecule has 1 amide bonds. The molecule has 17 heavy (non-hydrogen) atoms. The Bertz CT molecular complexity index is 412. The molecular weight excluding hydrogens is 238 g/mol. The molecule has 0 aliphatic heterocycles. The molecule has 0 aromatic carbocycles. The topological polar surface area (TPSA) is 57.6 Å². The first kappa shape index (κ1) is 13.7. The fraction of sp³-hybridized carbons (Fsp3) is 0.500. The third-order valence-corrected chi connectivity index (χ3v) is 3.39. The van der Waals surface area contributed by atoms with Crippen molar-refractivity contribution < 1.29 is 14.7 Å². The van der Waals surface area contributed by atoms with Crippen LogP contribution in [0.25, 0.3) is 0 Å². The average molecular weight is 255 g/mol. The summed E-state index contributed by atoms with van der Waals surface area (Å²) in [6, 6.07) is 3.69. The van der Waals surface area contributed by atoms with Gasteiger partial charge in [0.2, 0.25) is 0 Å². The highest BCUT2D eigenvalue weighted by molar-refractivity contribution is 7.13. The van der Waals surface area contributed by atoms with Gasteiger partial charge in [0.05, 0.1) is 11.3 Å². The highest BCUT2D eigenvalue weighted by atomic mass is 32.1. The normalized spacial score (nSPS) is 10.6. The molecule has 4 nitrogen and oxygen atoms in total. The number of aryl methyl sites for hydroxylation is 1. The van der Waals surface area contributed by atoms with Crippen LogP contribution in [0.1, 0.15) is 34.8 Å². The third kappa shape index (κ3) is 3.85. The van der Waals surface area contributed by atoms with Gasteiger partial charge in [-0.05, 0) is 32.9 Å². The highest BCUT2D eigenvalue weighted by Gasteiger charge is 2.20. The zero-order valence-electron chi connectivity index (χ0n) is 10.3. The lowest BCUT2D eigenvalue weighted by atomic mass is 10.2. The van der Waals surface area contributed by atoms with Gasteiger partial charge in [-0.2, -0.15) is 0 Å². The van der Waals surface area contributed by atoms with Crippen molar-refractivity contribution in [1.82, 2.24) is 4.90 Å². The van der Waals surface area contributed by atoms with Crippen LogP contribution in [-0.2, 0) is 4.79 Å². The van der Waals surface area contributed by atoms with Crippen LogP contribution in [0.5, 0.6) is 0 Å². The lowest BCUT2D eigenvalue weighted by Crippen LogP contribution is -2.38. The van der Waals surface area contributed by atoms with Crippen molar-refractivity contribution in [3.05, 3.63) is 21.9 Å². The Kier molecular flexibility index (Phi) is 4.69. The maximum Gasteiger partial charge on any atom is 0.305 e. The summed E-state index contributed by atoms with van der Waals surface area (Å²) in [5, 5.41) is 8.67. The Labute approximate surface area is 105 Å². The van der Waals surface area contributed by atoms with Gasteiger partial charge in [0.25, 0.3) is 5.91 Å². The molecule has 0 unspecified atom stereocenters. The van der Waals surface area contributed by atoms with Crippen molar-refractivity contribution in [2.45, 2.75) is 33.2 Å². The van der Waals surface area contributed by atoms with Gasteiger partial charge in [0.15, 0.2) is 0 Å². The van der Waals surface area contributed by atoms with Crippen LogP contribution in [0, 0.1) is 6.92 Å². The van der Waals surface area contributed by atoms with Crippen LogP contribution in [-0.4, -0.2) is 34.5 Å². The van der Waals surface area contributed by atoms with E-state index in [1.165, 1.54) is 11.3 Å². The standard InChI is InChI=1S/C12H17NO3S/c1-8(2)13(7-6-11(14)15)12(16)10-5-4-9(3)17-10/h4-5,8H,6-7H2,1-3H3,(H,14,15). The first-order chi connectivity index (χ1) is 7.91. The number of carbonyl (C=O) groups excluding carboxylic acids is 1. The number of carbonyl (C=O) groups is 2. The number of carboxylic acids is 1. The largest absolute Gasteiger partial charge is 0.481 e. The van der Waals surface area contributed by atoms with Crippen LogP contribution in [0.3, 0.4) is 0 Å². The number of carboxylic acid groups (broad SMARTS) is 1. The molecular formula is C12H17NO3S. The summed E-state index contributed by atoms with van der Waals surface area (Å²) in [6.07, 6.45) is -0.0196. The molecule has 1 heterocycles. The molecule has 0 spiro atoms.